The van der Waals surface area contributed by atoms with Crippen LogP contribution in [-0.4, -0.2) is 43.0 Å². The first-order chi connectivity index (χ1) is 14.6. The average molecular weight is 478 g/mol. The van der Waals surface area contributed by atoms with Crippen LogP contribution in [0.5, 0.6) is 0 Å². The van der Waals surface area contributed by atoms with Crippen molar-refractivity contribution in [3.8, 4) is 0 Å². The fraction of sp³-hybridized carbons (Fsp3) is 0.273. The summed E-state index contributed by atoms with van der Waals surface area (Å²) in [6.45, 7) is 3.86. The van der Waals surface area contributed by atoms with Gasteiger partial charge in [0.25, 0.3) is 0 Å². The van der Waals surface area contributed by atoms with Gasteiger partial charge in [0.2, 0.25) is 15.9 Å². The molecule has 1 N–H and O–H groups in total. The SMILES string of the molecule is CC[C@@H](Sc1cc(C)c2cc(S(=O)(=O)N(C)C)ccc2n1)C(=O)Nc1ccc(Cl)cc1. The third kappa shape index (κ3) is 5.38. The van der Waals surface area contributed by atoms with Crippen LogP contribution in [0.3, 0.4) is 0 Å². The van der Waals surface area contributed by atoms with E-state index >= 15 is 0 Å². The van der Waals surface area contributed by atoms with Crippen LogP contribution in [-0.2, 0) is 14.8 Å². The summed E-state index contributed by atoms with van der Waals surface area (Å²) >= 11 is 7.28. The molecular formula is C22H24ClN3O3S2. The Labute approximate surface area is 192 Å². The lowest BCUT2D eigenvalue weighted by molar-refractivity contribution is -0.115. The summed E-state index contributed by atoms with van der Waals surface area (Å²) in [7, 11) is -0.514. The second kappa shape index (κ2) is 9.56. The standard InChI is InChI=1S/C22H24ClN3O3S2/c1-5-20(22(27)24-16-8-6-15(23)7-9-16)30-21-12-14(2)18-13-17(10-11-19(18)25-21)31(28,29)26(3)4/h6-13,20H,5H2,1-4H3,(H,24,27)/t20-/m1/s1. The summed E-state index contributed by atoms with van der Waals surface area (Å²) in [5, 5.41) is 4.68. The maximum atomic E-state index is 12.7. The highest BCUT2D eigenvalue weighted by molar-refractivity contribution is 8.00. The number of hydrogen-bond acceptors (Lipinski definition) is 5. The molecule has 0 radical (unpaired) electrons. The van der Waals surface area contributed by atoms with E-state index in [0.29, 0.717) is 27.7 Å². The number of amides is 1. The monoisotopic (exact) mass is 477 g/mol. The third-order valence-corrected chi connectivity index (χ3v) is 8.13. The van der Waals surface area contributed by atoms with Gasteiger partial charge < -0.3 is 5.32 Å². The van der Waals surface area contributed by atoms with E-state index in [0.717, 1.165) is 10.9 Å². The lowest BCUT2D eigenvalue weighted by atomic mass is 10.1. The summed E-state index contributed by atoms with van der Waals surface area (Å²) in [4.78, 5) is 17.6. The Morgan fingerprint density at radius 2 is 1.84 bits per heavy atom. The van der Waals surface area contributed by atoms with Crippen LogP contribution in [0.15, 0.2) is 58.5 Å². The molecule has 1 heterocycles. The topological polar surface area (TPSA) is 79.4 Å². The van der Waals surface area contributed by atoms with Gasteiger partial charge in [-0.25, -0.2) is 17.7 Å². The maximum Gasteiger partial charge on any atom is 0.242 e. The largest absolute Gasteiger partial charge is 0.325 e. The summed E-state index contributed by atoms with van der Waals surface area (Å²) in [6, 6.07) is 13.8. The van der Waals surface area contributed by atoms with E-state index in [1.165, 1.54) is 30.2 Å². The van der Waals surface area contributed by atoms with Crippen LogP contribution in [0.2, 0.25) is 5.02 Å². The number of halogens is 1. The first-order valence-electron chi connectivity index (χ1n) is 9.69. The number of aromatic nitrogens is 1. The summed E-state index contributed by atoms with van der Waals surface area (Å²) < 4.78 is 26.0. The van der Waals surface area contributed by atoms with Crippen molar-refractivity contribution in [2.75, 3.05) is 19.4 Å². The van der Waals surface area contributed by atoms with Crippen molar-refractivity contribution in [1.29, 1.82) is 0 Å². The van der Waals surface area contributed by atoms with Crippen LogP contribution in [0.4, 0.5) is 5.69 Å². The first-order valence-corrected chi connectivity index (χ1v) is 12.4. The number of thioether (sulfide) groups is 1. The van der Waals surface area contributed by atoms with Crippen LogP contribution in [0.1, 0.15) is 18.9 Å². The second-order valence-electron chi connectivity index (χ2n) is 7.25. The molecule has 1 amide bonds. The van der Waals surface area contributed by atoms with Gasteiger partial charge in [-0.2, -0.15) is 0 Å². The average Bonchev–Trinajstić information content (AvgIpc) is 2.73. The van der Waals surface area contributed by atoms with Gasteiger partial charge in [0.1, 0.15) is 0 Å². The van der Waals surface area contributed by atoms with Crippen molar-refractivity contribution in [2.24, 2.45) is 0 Å². The molecule has 31 heavy (non-hydrogen) atoms. The van der Waals surface area contributed by atoms with Crippen molar-refractivity contribution in [3.63, 3.8) is 0 Å². The molecule has 0 saturated carbocycles. The highest BCUT2D eigenvalue weighted by Gasteiger charge is 2.21. The number of rotatable bonds is 7. The molecule has 9 heteroatoms. The number of benzene rings is 2. The molecule has 3 rings (SSSR count). The van der Waals surface area contributed by atoms with Gasteiger partial charge in [-0.15, -0.1) is 0 Å². The third-order valence-electron chi connectivity index (χ3n) is 4.78. The van der Waals surface area contributed by atoms with Gasteiger partial charge in [-0.05, 0) is 67.4 Å². The molecule has 3 aromatic rings. The minimum absolute atomic E-state index is 0.109. The number of aryl methyl sites for hydroxylation is 1. The summed E-state index contributed by atoms with van der Waals surface area (Å²) in [6.07, 6.45) is 0.628. The summed E-state index contributed by atoms with van der Waals surface area (Å²) in [5.74, 6) is -0.109. The van der Waals surface area contributed by atoms with Gasteiger partial charge in [0.05, 0.1) is 20.7 Å². The van der Waals surface area contributed by atoms with Crippen LogP contribution in [0.25, 0.3) is 10.9 Å². The number of sulfonamides is 1. The molecule has 0 aliphatic carbocycles. The van der Waals surface area contributed by atoms with Gasteiger partial charge in [0, 0.05) is 30.2 Å². The maximum absolute atomic E-state index is 12.7. The molecule has 2 aromatic carbocycles. The van der Waals surface area contributed by atoms with Gasteiger partial charge in [-0.3, -0.25) is 4.79 Å². The van der Waals surface area contributed by atoms with E-state index in [-0.39, 0.29) is 16.1 Å². The number of hydrogen-bond donors (Lipinski definition) is 1. The molecule has 1 atom stereocenters. The van der Waals surface area contributed by atoms with Crippen LogP contribution in [0, 0.1) is 6.92 Å². The molecule has 0 spiro atoms. The van der Waals surface area contributed by atoms with E-state index < -0.39 is 10.0 Å². The van der Waals surface area contributed by atoms with E-state index in [9.17, 15) is 13.2 Å². The Morgan fingerprint density at radius 3 is 2.45 bits per heavy atom. The molecule has 0 bridgehead atoms. The minimum atomic E-state index is -3.52. The van der Waals surface area contributed by atoms with Crippen molar-refractivity contribution >= 4 is 55.9 Å². The number of anilines is 1. The number of pyridine rings is 1. The zero-order valence-corrected chi connectivity index (χ0v) is 20.1. The number of carbonyl (C=O) groups is 1. The zero-order valence-electron chi connectivity index (χ0n) is 17.7. The molecule has 1 aromatic heterocycles. The predicted molar refractivity (Wildman–Crippen MR) is 127 cm³/mol. The van der Waals surface area contributed by atoms with Crippen molar-refractivity contribution in [2.45, 2.75) is 35.4 Å². The Morgan fingerprint density at radius 1 is 1.16 bits per heavy atom. The molecular weight excluding hydrogens is 454 g/mol. The molecule has 164 valence electrons. The number of carbonyl (C=O) groups excluding carboxylic acids is 1. The van der Waals surface area contributed by atoms with Crippen LogP contribution < -0.4 is 5.32 Å². The lowest BCUT2D eigenvalue weighted by Gasteiger charge is -2.16. The number of nitrogens with one attached hydrogen (secondary N) is 1. The number of nitrogens with zero attached hydrogens (tertiary/aromatic N) is 2. The molecule has 6 nitrogen and oxygen atoms in total. The van der Waals surface area contributed by atoms with Crippen LogP contribution >= 0.6 is 23.4 Å². The predicted octanol–water partition coefficient (Wildman–Crippen LogP) is 4.96. The smallest absolute Gasteiger partial charge is 0.242 e. The fourth-order valence-corrected chi connectivity index (χ4v) is 5.07. The van der Waals surface area contributed by atoms with E-state index in [1.54, 1.807) is 42.5 Å². The van der Waals surface area contributed by atoms with Crippen molar-refractivity contribution < 1.29 is 13.2 Å². The van der Waals surface area contributed by atoms with Gasteiger partial charge >= 0.3 is 0 Å². The Kier molecular flexibility index (Phi) is 7.26. The first kappa shape index (κ1) is 23.5. The lowest BCUT2D eigenvalue weighted by Crippen LogP contribution is -2.24. The Hall–Kier alpha value is -2.13. The highest BCUT2D eigenvalue weighted by Crippen LogP contribution is 2.30. The molecule has 0 aliphatic heterocycles. The van der Waals surface area contributed by atoms with Crippen molar-refractivity contribution in [3.05, 3.63) is 59.1 Å². The zero-order chi connectivity index (χ0) is 22.8. The highest BCUT2D eigenvalue weighted by atomic mass is 35.5. The van der Waals surface area contributed by atoms with Gasteiger partial charge in [0.15, 0.2) is 0 Å². The Bertz CT molecular complexity index is 1210. The second-order valence-corrected chi connectivity index (χ2v) is 11.1. The molecule has 0 fully saturated rings. The number of fused-ring (bicyclic) bond motifs is 1. The fourth-order valence-electron chi connectivity index (χ4n) is 3.00. The quantitative estimate of drug-likeness (QED) is 0.487. The molecule has 0 aliphatic rings. The van der Waals surface area contributed by atoms with E-state index in [4.69, 9.17) is 11.6 Å². The minimum Gasteiger partial charge on any atom is -0.325 e. The summed E-state index contributed by atoms with van der Waals surface area (Å²) in [5.41, 5.74) is 2.27. The van der Waals surface area contributed by atoms with Crippen molar-refractivity contribution in [1.82, 2.24) is 9.29 Å². The molecule has 0 unspecified atom stereocenters. The van der Waals surface area contributed by atoms with E-state index in [2.05, 4.69) is 10.3 Å². The Balaban J connectivity index is 1.84. The molecule has 0 saturated heterocycles. The van der Waals surface area contributed by atoms with E-state index in [1.807, 2.05) is 19.9 Å². The normalized spacial score (nSPS) is 12.8. The van der Waals surface area contributed by atoms with Gasteiger partial charge in [-0.1, -0.05) is 30.3 Å².